The Morgan fingerprint density at radius 1 is 1.22 bits per heavy atom. The minimum atomic E-state index is -0.361. The number of benzene rings is 2. The summed E-state index contributed by atoms with van der Waals surface area (Å²) in [4.78, 5) is 12.0. The summed E-state index contributed by atoms with van der Waals surface area (Å²) < 4.78 is 24.1. The molecule has 0 saturated heterocycles. The summed E-state index contributed by atoms with van der Waals surface area (Å²) >= 11 is 0. The van der Waals surface area contributed by atoms with Crippen LogP contribution in [-0.2, 0) is 4.79 Å². The van der Waals surface area contributed by atoms with Crippen LogP contribution in [0.5, 0.6) is 11.5 Å². The van der Waals surface area contributed by atoms with Gasteiger partial charge in [0.05, 0.1) is 6.04 Å². The van der Waals surface area contributed by atoms with Gasteiger partial charge in [0.15, 0.2) is 11.5 Å². The monoisotopic (exact) mass is 313 g/mol. The minimum absolute atomic E-state index is 0.206. The highest BCUT2D eigenvalue weighted by Gasteiger charge is 2.16. The van der Waals surface area contributed by atoms with Crippen LogP contribution in [0.3, 0.4) is 0 Å². The largest absolute Gasteiger partial charge is 0.454 e. The van der Waals surface area contributed by atoms with E-state index in [-0.39, 0.29) is 24.6 Å². The van der Waals surface area contributed by atoms with E-state index < -0.39 is 0 Å². The standard InChI is InChI=1S/C18H16FNO3/c1-12(14-6-8-16-17(10-14)23-11-22-16)20-18(21)9-7-13-4-2-3-5-15(13)19/h2-10,12H,11H2,1H3,(H,20,21). The van der Waals surface area contributed by atoms with Crippen molar-refractivity contribution in [3.05, 3.63) is 65.5 Å². The number of nitrogens with one attached hydrogen (secondary N) is 1. The van der Waals surface area contributed by atoms with Crippen LogP contribution in [0, 0.1) is 5.82 Å². The number of carbonyl (C=O) groups excluding carboxylic acids is 1. The highest BCUT2D eigenvalue weighted by molar-refractivity contribution is 5.92. The summed E-state index contributed by atoms with van der Waals surface area (Å²) in [5, 5.41) is 2.83. The summed E-state index contributed by atoms with van der Waals surface area (Å²) in [7, 11) is 0. The van der Waals surface area contributed by atoms with Gasteiger partial charge >= 0.3 is 0 Å². The molecule has 4 nitrogen and oxygen atoms in total. The fourth-order valence-electron chi connectivity index (χ4n) is 2.30. The van der Waals surface area contributed by atoms with Crippen molar-refractivity contribution in [3.8, 4) is 11.5 Å². The van der Waals surface area contributed by atoms with Crippen molar-refractivity contribution in [2.75, 3.05) is 6.79 Å². The fourth-order valence-corrected chi connectivity index (χ4v) is 2.30. The Morgan fingerprint density at radius 2 is 2.00 bits per heavy atom. The predicted octanol–water partition coefficient (Wildman–Crippen LogP) is 3.45. The van der Waals surface area contributed by atoms with Crippen molar-refractivity contribution < 1.29 is 18.7 Å². The number of hydrogen-bond acceptors (Lipinski definition) is 3. The summed E-state index contributed by atoms with van der Waals surface area (Å²) in [5.74, 6) is 0.719. The van der Waals surface area contributed by atoms with Crippen molar-refractivity contribution in [1.82, 2.24) is 5.32 Å². The second-order valence-corrected chi connectivity index (χ2v) is 5.20. The molecule has 5 heteroatoms. The van der Waals surface area contributed by atoms with E-state index in [1.54, 1.807) is 18.2 Å². The van der Waals surface area contributed by atoms with Crippen molar-refractivity contribution in [3.63, 3.8) is 0 Å². The Bertz CT molecular complexity index is 758. The molecule has 0 radical (unpaired) electrons. The molecule has 1 aliphatic rings. The van der Waals surface area contributed by atoms with Crippen molar-refractivity contribution in [2.24, 2.45) is 0 Å². The normalized spacial score (nSPS) is 14.0. The molecule has 0 spiro atoms. The Hall–Kier alpha value is -2.82. The lowest BCUT2D eigenvalue weighted by molar-refractivity contribution is -0.117. The molecule has 0 aromatic heterocycles. The molecule has 1 heterocycles. The Labute approximate surface area is 133 Å². The highest BCUT2D eigenvalue weighted by Crippen LogP contribution is 2.34. The number of amides is 1. The van der Waals surface area contributed by atoms with E-state index >= 15 is 0 Å². The number of carbonyl (C=O) groups is 1. The Balaban J connectivity index is 1.64. The fraction of sp³-hybridized carbons (Fsp3) is 0.167. The lowest BCUT2D eigenvalue weighted by Crippen LogP contribution is -2.24. The molecule has 23 heavy (non-hydrogen) atoms. The maximum absolute atomic E-state index is 13.5. The zero-order valence-electron chi connectivity index (χ0n) is 12.6. The van der Waals surface area contributed by atoms with Crippen LogP contribution in [0.2, 0.25) is 0 Å². The third-order valence-corrected chi connectivity index (χ3v) is 3.57. The third-order valence-electron chi connectivity index (χ3n) is 3.57. The molecule has 0 saturated carbocycles. The average molecular weight is 313 g/mol. The first-order chi connectivity index (χ1) is 11.1. The molecule has 3 rings (SSSR count). The summed E-state index contributed by atoms with van der Waals surface area (Å²) in [5.41, 5.74) is 1.28. The predicted molar refractivity (Wildman–Crippen MR) is 84.6 cm³/mol. The van der Waals surface area contributed by atoms with Gasteiger partial charge in [0.25, 0.3) is 0 Å². The van der Waals surface area contributed by atoms with E-state index in [9.17, 15) is 9.18 Å². The molecular formula is C18H16FNO3. The van der Waals surface area contributed by atoms with Crippen molar-refractivity contribution in [2.45, 2.75) is 13.0 Å². The average Bonchev–Trinajstić information content (AvgIpc) is 3.01. The quantitative estimate of drug-likeness (QED) is 0.880. The van der Waals surface area contributed by atoms with Gasteiger partial charge in [-0.15, -0.1) is 0 Å². The van der Waals surface area contributed by atoms with Gasteiger partial charge in [0.1, 0.15) is 5.82 Å². The van der Waals surface area contributed by atoms with Gasteiger partial charge in [-0.3, -0.25) is 4.79 Å². The van der Waals surface area contributed by atoms with E-state index in [0.29, 0.717) is 17.1 Å². The third kappa shape index (κ3) is 3.51. The number of halogens is 1. The first-order valence-corrected chi connectivity index (χ1v) is 7.26. The molecule has 1 unspecified atom stereocenters. The molecule has 1 N–H and O–H groups in total. The summed E-state index contributed by atoms with van der Waals surface area (Å²) in [6.07, 6.45) is 2.78. The van der Waals surface area contributed by atoms with Gasteiger partial charge in [-0.25, -0.2) is 4.39 Å². The lowest BCUT2D eigenvalue weighted by Gasteiger charge is -2.13. The van der Waals surface area contributed by atoms with Crippen LogP contribution < -0.4 is 14.8 Å². The van der Waals surface area contributed by atoms with Gasteiger partial charge < -0.3 is 14.8 Å². The van der Waals surface area contributed by atoms with Gasteiger partial charge in [0.2, 0.25) is 12.7 Å². The molecular weight excluding hydrogens is 297 g/mol. The maximum atomic E-state index is 13.5. The summed E-state index contributed by atoms with van der Waals surface area (Å²) in [6.45, 7) is 2.08. The van der Waals surface area contributed by atoms with Crippen LogP contribution >= 0.6 is 0 Å². The van der Waals surface area contributed by atoms with Crippen LogP contribution in [-0.4, -0.2) is 12.7 Å². The Kier molecular flexibility index (Phi) is 4.28. The van der Waals surface area contributed by atoms with Gasteiger partial charge in [-0.1, -0.05) is 24.3 Å². The van der Waals surface area contributed by atoms with Gasteiger partial charge in [-0.2, -0.15) is 0 Å². The zero-order valence-corrected chi connectivity index (χ0v) is 12.6. The number of fused-ring (bicyclic) bond motifs is 1. The smallest absolute Gasteiger partial charge is 0.244 e. The molecule has 2 aromatic rings. The van der Waals surface area contributed by atoms with E-state index in [4.69, 9.17) is 9.47 Å². The van der Waals surface area contributed by atoms with Crippen LogP contribution in [0.4, 0.5) is 4.39 Å². The number of rotatable bonds is 4. The van der Waals surface area contributed by atoms with E-state index in [1.165, 1.54) is 18.2 Å². The summed E-state index contributed by atoms with van der Waals surface area (Å²) in [6, 6.07) is 11.6. The zero-order chi connectivity index (χ0) is 16.2. The van der Waals surface area contributed by atoms with Gasteiger partial charge in [-0.05, 0) is 36.8 Å². The van der Waals surface area contributed by atoms with Crippen molar-refractivity contribution in [1.29, 1.82) is 0 Å². The Morgan fingerprint density at radius 3 is 2.83 bits per heavy atom. The molecule has 1 amide bonds. The number of hydrogen-bond donors (Lipinski definition) is 1. The topological polar surface area (TPSA) is 47.6 Å². The second-order valence-electron chi connectivity index (χ2n) is 5.20. The maximum Gasteiger partial charge on any atom is 0.244 e. The van der Waals surface area contributed by atoms with Crippen LogP contribution in [0.15, 0.2) is 48.5 Å². The minimum Gasteiger partial charge on any atom is -0.454 e. The molecule has 1 atom stereocenters. The molecule has 2 aromatic carbocycles. The van der Waals surface area contributed by atoms with Crippen LogP contribution in [0.1, 0.15) is 24.1 Å². The molecule has 118 valence electrons. The molecule has 0 bridgehead atoms. The lowest BCUT2D eigenvalue weighted by atomic mass is 10.1. The molecule has 0 fully saturated rings. The number of ether oxygens (including phenoxy) is 2. The van der Waals surface area contributed by atoms with Crippen molar-refractivity contribution >= 4 is 12.0 Å². The highest BCUT2D eigenvalue weighted by atomic mass is 19.1. The van der Waals surface area contributed by atoms with E-state index in [1.807, 2.05) is 25.1 Å². The SMILES string of the molecule is CC(NC(=O)C=Cc1ccccc1F)c1ccc2c(c1)OCO2. The van der Waals surface area contributed by atoms with Gasteiger partial charge in [0, 0.05) is 11.6 Å². The second kappa shape index (κ2) is 6.52. The van der Waals surface area contributed by atoms with E-state index in [0.717, 1.165) is 5.56 Å². The molecule has 1 aliphatic heterocycles. The molecule has 0 aliphatic carbocycles. The first-order valence-electron chi connectivity index (χ1n) is 7.26. The van der Waals surface area contributed by atoms with Crippen LogP contribution in [0.25, 0.3) is 6.08 Å². The van der Waals surface area contributed by atoms with E-state index in [2.05, 4.69) is 5.32 Å². The first kappa shape index (κ1) is 15.1.